The first-order valence-corrected chi connectivity index (χ1v) is 9.62. The van der Waals surface area contributed by atoms with Gasteiger partial charge in [-0.2, -0.15) is 0 Å². The maximum absolute atomic E-state index is 5.25. The second-order valence-electron chi connectivity index (χ2n) is 5.67. The molecular weight excluding hydrogens is 344 g/mol. The van der Waals surface area contributed by atoms with Gasteiger partial charge in [-0.1, -0.05) is 42.1 Å². The average molecular weight is 371 g/mol. The van der Waals surface area contributed by atoms with Crippen LogP contribution in [0.25, 0.3) is 0 Å². The molecule has 0 saturated heterocycles. The van der Waals surface area contributed by atoms with Crippen molar-refractivity contribution in [1.82, 2.24) is 4.90 Å². The molecule has 0 aliphatic rings. The van der Waals surface area contributed by atoms with E-state index >= 15 is 0 Å². The maximum atomic E-state index is 5.25. The summed E-state index contributed by atoms with van der Waals surface area (Å²) in [5, 5.41) is 0.997. The minimum atomic E-state index is 0.609. The highest BCUT2D eigenvalue weighted by atomic mass is 32.2. The van der Waals surface area contributed by atoms with Gasteiger partial charge in [0.2, 0.25) is 0 Å². The first kappa shape index (κ1) is 19.9. The van der Waals surface area contributed by atoms with E-state index in [2.05, 4.69) is 47.0 Å². The molecule has 0 aliphatic carbocycles. The van der Waals surface area contributed by atoms with Gasteiger partial charge in [0.25, 0.3) is 0 Å². The predicted molar refractivity (Wildman–Crippen MR) is 111 cm³/mol. The first-order valence-electron chi connectivity index (χ1n) is 8.40. The molecule has 0 unspecified atom stereocenters. The number of thioether (sulfide) groups is 1. The standard InChI is InChI=1S/C21H26N2O2S/c1-5-14-22-21(26-4)23(15-17-6-10-19(24-2)11-7-17)16-18-8-12-20(25-3)13-9-18/h5-13H,1,14-16H2,2-4H3. The van der Waals surface area contributed by atoms with Crippen LogP contribution in [0.2, 0.25) is 0 Å². The van der Waals surface area contributed by atoms with Gasteiger partial charge in [0, 0.05) is 13.1 Å². The van der Waals surface area contributed by atoms with Crippen molar-refractivity contribution < 1.29 is 9.47 Å². The fourth-order valence-electron chi connectivity index (χ4n) is 2.53. The molecule has 2 rings (SSSR count). The van der Waals surface area contributed by atoms with Crippen LogP contribution in [0.5, 0.6) is 11.5 Å². The van der Waals surface area contributed by atoms with Gasteiger partial charge < -0.3 is 14.4 Å². The van der Waals surface area contributed by atoms with Crippen LogP contribution in [0, 0.1) is 0 Å². The molecule has 4 nitrogen and oxygen atoms in total. The van der Waals surface area contributed by atoms with Crippen LogP contribution in [0.15, 0.2) is 66.2 Å². The van der Waals surface area contributed by atoms with Crippen LogP contribution in [0.3, 0.4) is 0 Å². The largest absolute Gasteiger partial charge is 0.497 e. The van der Waals surface area contributed by atoms with Crippen molar-refractivity contribution in [2.24, 2.45) is 4.99 Å². The zero-order valence-corrected chi connectivity index (χ0v) is 16.5. The predicted octanol–water partition coefficient (Wildman–Crippen LogP) is 4.61. The molecular formula is C21H26N2O2S. The summed E-state index contributed by atoms with van der Waals surface area (Å²) in [5.41, 5.74) is 2.42. The highest BCUT2D eigenvalue weighted by molar-refractivity contribution is 8.13. The van der Waals surface area contributed by atoms with E-state index in [4.69, 9.17) is 9.47 Å². The Labute approximate surface area is 160 Å². The van der Waals surface area contributed by atoms with Crippen LogP contribution in [0.1, 0.15) is 11.1 Å². The quantitative estimate of drug-likeness (QED) is 0.386. The van der Waals surface area contributed by atoms with Crippen LogP contribution >= 0.6 is 11.8 Å². The molecule has 0 spiro atoms. The first-order chi connectivity index (χ1) is 12.7. The fraction of sp³-hybridized carbons (Fsp3) is 0.286. The van der Waals surface area contributed by atoms with Crippen molar-refractivity contribution >= 4 is 16.9 Å². The lowest BCUT2D eigenvalue weighted by Gasteiger charge is -2.25. The van der Waals surface area contributed by atoms with E-state index in [0.29, 0.717) is 6.54 Å². The van der Waals surface area contributed by atoms with Crippen LogP contribution in [0.4, 0.5) is 0 Å². The number of nitrogens with zero attached hydrogens (tertiary/aromatic N) is 2. The topological polar surface area (TPSA) is 34.1 Å². The fourth-order valence-corrected chi connectivity index (χ4v) is 3.12. The van der Waals surface area contributed by atoms with Gasteiger partial charge in [0.05, 0.1) is 20.8 Å². The van der Waals surface area contributed by atoms with Gasteiger partial charge in [-0.15, -0.1) is 6.58 Å². The minimum absolute atomic E-state index is 0.609. The SMILES string of the molecule is C=CCN=C(SC)N(Cc1ccc(OC)cc1)Cc1ccc(OC)cc1. The number of rotatable bonds is 8. The molecule has 0 N–H and O–H groups in total. The van der Waals surface area contributed by atoms with Gasteiger partial charge in [-0.25, -0.2) is 0 Å². The summed E-state index contributed by atoms with van der Waals surface area (Å²) in [4.78, 5) is 6.93. The summed E-state index contributed by atoms with van der Waals surface area (Å²) < 4.78 is 10.5. The number of hydrogen-bond donors (Lipinski definition) is 0. The second-order valence-corrected chi connectivity index (χ2v) is 6.44. The number of ether oxygens (including phenoxy) is 2. The molecule has 0 atom stereocenters. The third-order valence-corrected chi connectivity index (χ3v) is 4.63. The number of benzene rings is 2. The molecule has 0 bridgehead atoms. The number of methoxy groups -OCH3 is 2. The van der Waals surface area contributed by atoms with Crippen molar-refractivity contribution in [2.45, 2.75) is 13.1 Å². The molecule has 26 heavy (non-hydrogen) atoms. The van der Waals surface area contributed by atoms with E-state index in [9.17, 15) is 0 Å². The summed E-state index contributed by atoms with van der Waals surface area (Å²) in [7, 11) is 3.36. The van der Waals surface area contributed by atoms with Crippen molar-refractivity contribution in [2.75, 3.05) is 27.0 Å². The molecule has 0 fully saturated rings. The van der Waals surface area contributed by atoms with E-state index < -0.39 is 0 Å². The normalized spacial score (nSPS) is 11.1. The molecule has 2 aromatic rings. The Bertz CT molecular complexity index is 662. The Morgan fingerprint density at radius 2 is 1.42 bits per heavy atom. The lowest BCUT2D eigenvalue weighted by Crippen LogP contribution is -2.28. The van der Waals surface area contributed by atoms with Gasteiger partial charge >= 0.3 is 0 Å². The summed E-state index contributed by atoms with van der Waals surface area (Å²) in [6, 6.07) is 16.3. The zero-order chi connectivity index (χ0) is 18.8. The number of hydrogen-bond acceptors (Lipinski definition) is 4. The summed E-state index contributed by atoms with van der Waals surface area (Å²) >= 11 is 1.65. The Balaban J connectivity index is 2.22. The van der Waals surface area contributed by atoms with Crippen molar-refractivity contribution in [3.63, 3.8) is 0 Å². The highest BCUT2D eigenvalue weighted by Crippen LogP contribution is 2.19. The smallest absolute Gasteiger partial charge is 0.159 e. The molecule has 2 aromatic carbocycles. The summed E-state index contributed by atoms with van der Waals surface area (Å²) in [5.74, 6) is 1.72. The number of amidine groups is 1. The van der Waals surface area contributed by atoms with E-state index in [-0.39, 0.29) is 0 Å². The van der Waals surface area contributed by atoms with Crippen molar-refractivity contribution in [1.29, 1.82) is 0 Å². The molecule has 0 heterocycles. The highest BCUT2D eigenvalue weighted by Gasteiger charge is 2.12. The lowest BCUT2D eigenvalue weighted by molar-refractivity contribution is 0.405. The van der Waals surface area contributed by atoms with Gasteiger partial charge in [0.1, 0.15) is 11.5 Å². The maximum Gasteiger partial charge on any atom is 0.159 e. The Hall–Kier alpha value is -2.40. The van der Waals surface area contributed by atoms with Crippen LogP contribution in [-0.2, 0) is 13.1 Å². The Morgan fingerprint density at radius 3 is 1.77 bits per heavy atom. The average Bonchev–Trinajstić information content (AvgIpc) is 2.69. The molecule has 138 valence electrons. The van der Waals surface area contributed by atoms with Gasteiger partial charge in [-0.05, 0) is 41.6 Å². The molecule has 5 heteroatoms. The van der Waals surface area contributed by atoms with Crippen LogP contribution < -0.4 is 9.47 Å². The molecule has 0 amide bonds. The molecule has 0 aliphatic heterocycles. The van der Waals surface area contributed by atoms with E-state index in [1.165, 1.54) is 11.1 Å². The molecule has 0 radical (unpaired) electrons. The van der Waals surface area contributed by atoms with Crippen molar-refractivity contribution in [3.05, 3.63) is 72.3 Å². The van der Waals surface area contributed by atoms with E-state index in [0.717, 1.165) is 29.8 Å². The lowest BCUT2D eigenvalue weighted by atomic mass is 10.1. The third kappa shape index (κ3) is 5.85. The van der Waals surface area contributed by atoms with E-state index in [1.807, 2.05) is 30.3 Å². The third-order valence-electron chi connectivity index (χ3n) is 3.87. The van der Waals surface area contributed by atoms with Crippen molar-refractivity contribution in [3.8, 4) is 11.5 Å². The summed E-state index contributed by atoms with van der Waals surface area (Å²) in [6.45, 7) is 5.92. The second kappa shape index (κ2) is 10.6. The molecule has 0 saturated carbocycles. The Kier molecular flexibility index (Phi) is 8.09. The van der Waals surface area contributed by atoms with Crippen LogP contribution in [-0.4, -0.2) is 37.1 Å². The molecule has 0 aromatic heterocycles. The summed E-state index contributed by atoms with van der Waals surface area (Å²) in [6.07, 6.45) is 3.87. The Morgan fingerprint density at radius 1 is 0.962 bits per heavy atom. The monoisotopic (exact) mass is 370 g/mol. The van der Waals surface area contributed by atoms with Gasteiger partial charge in [-0.3, -0.25) is 4.99 Å². The number of aliphatic imine (C=N–C) groups is 1. The minimum Gasteiger partial charge on any atom is -0.497 e. The van der Waals surface area contributed by atoms with Gasteiger partial charge in [0.15, 0.2) is 5.17 Å². The van der Waals surface area contributed by atoms with E-state index in [1.54, 1.807) is 26.0 Å². The zero-order valence-electron chi connectivity index (χ0n) is 15.6.